The fourth-order valence-electron chi connectivity index (χ4n) is 8.62. The molecule has 0 spiro atoms. The Bertz CT molecular complexity index is 1810. The molecule has 0 fully saturated rings. The van der Waals surface area contributed by atoms with E-state index < -0.39 is 6.10 Å². The van der Waals surface area contributed by atoms with E-state index in [0.717, 1.165) is 148 Å². The van der Waals surface area contributed by atoms with Gasteiger partial charge < -0.3 is 14.2 Å². The van der Waals surface area contributed by atoms with Crippen molar-refractivity contribution in [3.05, 3.63) is 158 Å². The lowest BCUT2D eigenvalue weighted by molar-refractivity contribution is -0.167. The summed E-state index contributed by atoms with van der Waals surface area (Å²) in [5.41, 5.74) is 0. The highest BCUT2D eigenvalue weighted by Crippen LogP contribution is 2.15. The second-order valence-electron chi connectivity index (χ2n) is 21.3. The first-order valence-electron chi connectivity index (χ1n) is 33.0. The van der Waals surface area contributed by atoms with Gasteiger partial charge in [0.2, 0.25) is 0 Å². The van der Waals surface area contributed by atoms with Crippen molar-refractivity contribution in [1.29, 1.82) is 0 Å². The Labute approximate surface area is 499 Å². The molecular weight excluding hydrogens is 997 g/mol. The molecule has 0 aromatic heterocycles. The van der Waals surface area contributed by atoms with E-state index in [1.54, 1.807) is 0 Å². The Hall–Kier alpha value is -4.97. The van der Waals surface area contributed by atoms with Gasteiger partial charge in [0.25, 0.3) is 0 Å². The van der Waals surface area contributed by atoms with Crippen molar-refractivity contribution in [2.24, 2.45) is 0 Å². The number of carbonyl (C=O) groups is 3. The number of hydrogen-bond acceptors (Lipinski definition) is 6. The first-order chi connectivity index (χ1) is 40.0. The number of allylic oxidation sites excluding steroid dienone is 26. The molecule has 0 rings (SSSR count). The van der Waals surface area contributed by atoms with Crippen LogP contribution in [0, 0.1) is 0 Å². The van der Waals surface area contributed by atoms with E-state index in [1.165, 1.54) is 83.5 Å². The molecule has 1 unspecified atom stereocenters. The molecule has 0 aliphatic rings. The highest BCUT2D eigenvalue weighted by molar-refractivity contribution is 5.71. The zero-order valence-corrected chi connectivity index (χ0v) is 52.2. The molecule has 0 saturated heterocycles. The zero-order valence-electron chi connectivity index (χ0n) is 52.2. The van der Waals surface area contributed by atoms with E-state index in [2.05, 4.69) is 179 Å². The van der Waals surface area contributed by atoms with Crippen molar-refractivity contribution < 1.29 is 28.6 Å². The topological polar surface area (TPSA) is 78.9 Å². The third kappa shape index (κ3) is 65.7. The van der Waals surface area contributed by atoms with E-state index in [-0.39, 0.29) is 37.5 Å². The maximum absolute atomic E-state index is 12.9. The van der Waals surface area contributed by atoms with Gasteiger partial charge in [0.1, 0.15) is 13.2 Å². The maximum Gasteiger partial charge on any atom is 0.306 e. The summed E-state index contributed by atoms with van der Waals surface area (Å²) in [6.07, 6.45) is 98.3. The highest BCUT2D eigenvalue weighted by Gasteiger charge is 2.19. The Morgan fingerprint density at radius 2 is 0.481 bits per heavy atom. The Balaban J connectivity index is 4.31. The summed E-state index contributed by atoms with van der Waals surface area (Å²) in [6, 6.07) is 0. The van der Waals surface area contributed by atoms with E-state index in [9.17, 15) is 14.4 Å². The molecular formula is C75H120O6. The molecule has 0 radical (unpaired) electrons. The minimum Gasteiger partial charge on any atom is -0.462 e. The van der Waals surface area contributed by atoms with E-state index in [4.69, 9.17) is 14.2 Å². The fourth-order valence-corrected chi connectivity index (χ4v) is 8.62. The van der Waals surface area contributed by atoms with Crippen LogP contribution in [0.5, 0.6) is 0 Å². The maximum atomic E-state index is 12.9. The van der Waals surface area contributed by atoms with Gasteiger partial charge in [0, 0.05) is 19.3 Å². The van der Waals surface area contributed by atoms with Crippen molar-refractivity contribution >= 4 is 17.9 Å². The molecule has 456 valence electrons. The molecule has 0 N–H and O–H groups in total. The van der Waals surface area contributed by atoms with Crippen LogP contribution in [0.2, 0.25) is 0 Å². The lowest BCUT2D eigenvalue weighted by Crippen LogP contribution is -2.30. The predicted molar refractivity (Wildman–Crippen MR) is 352 cm³/mol. The molecule has 6 heteroatoms. The summed E-state index contributed by atoms with van der Waals surface area (Å²) in [4.78, 5) is 38.3. The zero-order chi connectivity index (χ0) is 58.5. The summed E-state index contributed by atoms with van der Waals surface area (Å²) >= 11 is 0. The molecule has 0 amide bonds. The van der Waals surface area contributed by atoms with Gasteiger partial charge in [-0.15, -0.1) is 0 Å². The van der Waals surface area contributed by atoms with Crippen LogP contribution in [0.15, 0.2) is 158 Å². The largest absolute Gasteiger partial charge is 0.462 e. The van der Waals surface area contributed by atoms with Crippen LogP contribution in [0.1, 0.15) is 278 Å². The second kappa shape index (κ2) is 67.5. The third-order valence-electron chi connectivity index (χ3n) is 13.5. The van der Waals surface area contributed by atoms with Crippen molar-refractivity contribution in [2.75, 3.05) is 13.2 Å². The summed E-state index contributed by atoms with van der Waals surface area (Å²) in [5, 5.41) is 0. The Morgan fingerprint density at radius 3 is 0.778 bits per heavy atom. The number of unbranched alkanes of at least 4 members (excludes halogenated alkanes) is 21. The second-order valence-corrected chi connectivity index (χ2v) is 21.3. The third-order valence-corrected chi connectivity index (χ3v) is 13.5. The average molecular weight is 1120 g/mol. The number of rotatable bonds is 58. The molecule has 0 heterocycles. The number of hydrogen-bond donors (Lipinski definition) is 0. The first-order valence-corrected chi connectivity index (χ1v) is 33.0. The van der Waals surface area contributed by atoms with Gasteiger partial charge in [-0.05, 0) is 148 Å². The van der Waals surface area contributed by atoms with E-state index in [0.29, 0.717) is 19.3 Å². The monoisotopic (exact) mass is 1120 g/mol. The lowest BCUT2D eigenvalue weighted by Gasteiger charge is -2.18. The van der Waals surface area contributed by atoms with E-state index in [1.807, 2.05) is 0 Å². The van der Waals surface area contributed by atoms with Crippen molar-refractivity contribution in [1.82, 2.24) is 0 Å². The molecule has 0 bridgehead atoms. The number of carbonyl (C=O) groups excluding carboxylic acids is 3. The Kier molecular flexibility index (Phi) is 63.4. The highest BCUT2D eigenvalue weighted by atomic mass is 16.6. The molecule has 6 nitrogen and oxygen atoms in total. The van der Waals surface area contributed by atoms with Crippen molar-refractivity contribution in [3.8, 4) is 0 Å². The smallest absolute Gasteiger partial charge is 0.306 e. The average Bonchev–Trinajstić information content (AvgIpc) is 3.47. The summed E-state index contributed by atoms with van der Waals surface area (Å²) in [7, 11) is 0. The van der Waals surface area contributed by atoms with Crippen LogP contribution < -0.4 is 0 Å². The fraction of sp³-hybridized carbons (Fsp3) is 0.613. The normalized spacial score (nSPS) is 13.2. The predicted octanol–water partition coefficient (Wildman–Crippen LogP) is 22.9. The van der Waals surface area contributed by atoms with Crippen molar-refractivity contribution in [2.45, 2.75) is 284 Å². The van der Waals surface area contributed by atoms with Crippen LogP contribution in [0.3, 0.4) is 0 Å². The van der Waals surface area contributed by atoms with Crippen LogP contribution in [-0.2, 0) is 28.6 Å². The molecule has 0 aromatic rings. The minimum atomic E-state index is -0.814. The summed E-state index contributed by atoms with van der Waals surface area (Å²) in [6.45, 7) is 6.33. The number of ether oxygens (including phenoxy) is 3. The van der Waals surface area contributed by atoms with Crippen LogP contribution in [-0.4, -0.2) is 37.2 Å². The molecule has 0 aliphatic carbocycles. The quantitative estimate of drug-likeness (QED) is 0.0261. The Morgan fingerprint density at radius 1 is 0.259 bits per heavy atom. The standard InChI is InChI=1S/C75H120O6/c1-4-7-10-13-16-19-22-25-28-29-30-31-32-33-34-35-36-37-38-39-40-41-42-43-44-45-48-50-53-56-59-62-65-68-74(77)80-71-72(81-75(78)69-66-63-60-57-54-51-47-27-24-21-18-15-12-9-6-3)70-79-73(76)67-64-61-58-55-52-49-46-26-23-20-17-14-11-8-5-2/h7,9-10,12,16-21,25-28,30-31,33-34,36-37,39-40,46-47,54,57,72H,4-6,8,11,13-15,22-24,29,32,35,38,41-45,48-53,55-56,58-71H2,1-3H3/b10-7-,12-9-,19-16-,20-17-,21-18-,28-25-,31-30-,34-33-,37-36-,40-39-,46-26-,47-27-,57-54-. The lowest BCUT2D eigenvalue weighted by atomic mass is 10.0. The van der Waals surface area contributed by atoms with Crippen LogP contribution in [0.25, 0.3) is 0 Å². The van der Waals surface area contributed by atoms with Crippen molar-refractivity contribution in [3.63, 3.8) is 0 Å². The molecule has 81 heavy (non-hydrogen) atoms. The molecule has 1 atom stereocenters. The molecule has 0 aromatic carbocycles. The SMILES string of the molecule is CC/C=C\C/C=C\C/C=C\C/C=C\C/C=C\C/C=C\C/C=C\CCCCCCCCCCCCCC(=O)OCC(COC(=O)CCCCCCC/C=C\C/C=C\CCCCC)OC(=O)CCCC/C=C\C/C=C\C/C=C\C/C=C\CC. The van der Waals surface area contributed by atoms with E-state index >= 15 is 0 Å². The van der Waals surface area contributed by atoms with Gasteiger partial charge in [-0.25, -0.2) is 0 Å². The molecule has 0 saturated carbocycles. The minimum absolute atomic E-state index is 0.106. The van der Waals surface area contributed by atoms with Gasteiger partial charge in [-0.1, -0.05) is 269 Å². The van der Waals surface area contributed by atoms with Gasteiger partial charge in [0.05, 0.1) is 0 Å². The summed E-state index contributed by atoms with van der Waals surface area (Å²) < 4.78 is 16.9. The van der Waals surface area contributed by atoms with Gasteiger partial charge in [-0.2, -0.15) is 0 Å². The van der Waals surface area contributed by atoms with Crippen LogP contribution >= 0.6 is 0 Å². The van der Waals surface area contributed by atoms with Gasteiger partial charge >= 0.3 is 17.9 Å². The van der Waals surface area contributed by atoms with Crippen LogP contribution in [0.4, 0.5) is 0 Å². The van der Waals surface area contributed by atoms with Gasteiger partial charge in [0.15, 0.2) is 6.10 Å². The molecule has 0 aliphatic heterocycles. The first kappa shape index (κ1) is 76.0. The summed E-state index contributed by atoms with van der Waals surface area (Å²) in [5.74, 6) is -0.966. The number of esters is 3. The van der Waals surface area contributed by atoms with Gasteiger partial charge in [-0.3, -0.25) is 14.4 Å².